The van der Waals surface area contributed by atoms with E-state index < -0.39 is 0 Å². The number of hydrogen-bond donors (Lipinski definition) is 1. The minimum atomic E-state index is -0.0177. The van der Waals surface area contributed by atoms with Gasteiger partial charge in [-0.05, 0) is 0 Å². The van der Waals surface area contributed by atoms with Crippen LogP contribution in [0, 0.1) is 11.3 Å². The Morgan fingerprint density at radius 2 is 2.25 bits per heavy atom. The monoisotopic (exact) mass is 184 g/mol. The lowest BCUT2D eigenvalue weighted by atomic mass is 10.3. The van der Waals surface area contributed by atoms with Crippen molar-refractivity contribution < 1.29 is 4.74 Å². The Morgan fingerprint density at radius 3 is 2.75 bits per heavy atom. The number of anilines is 1. The van der Waals surface area contributed by atoms with Crippen LogP contribution < -0.4 is 10.5 Å². The lowest BCUT2D eigenvalue weighted by Gasteiger charge is -2.02. The first-order chi connectivity index (χ1) is 5.69. The fraction of sp³-hybridized carbons (Fsp3) is 0.167. The molecule has 0 aliphatic heterocycles. The molecular formula is C6H5ClN4O. The molecule has 0 saturated carbocycles. The van der Waals surface area contributed by atoms with Crippen molar-refractivity contribution in [2.75, 3.05) is 12.8 Å². The summed E-state index contributed by atoms with van der Waals surface area (Å²) in [7, 11) is 1.37. The second-order valence-electron chi connectivity index (χ2n) is 1.87. The van der Waals surface area contributed by atoms with Crippen molar-refractivity contribution >= 4 is 17.5 Å². The third-order valence-electron chi connectivity index (χ3n) is 1.15. The molecule has 0 radical (unpaired) electrons. The highest BCUT2D eigenvalue weighted by atomic mass is 35.5. The Kier molecular flexibility index (Phi) is 2.31. The van der Waals surface area contributed by atoms with E-state index in [2.05, 4.69) is 9.97 Å². The number of nitrogens with two attached hydrogens (primary N) is 1. The molecule has 1 rings (SSSR count). The molecule has 6 heteroatoms. The first-order valence-electron chi connectivity index (χ1n) is 2.96. The number of methoxy groups -OCH3 is 1. The first-order valence-corrected chi connectivity index (χ1v) is 3.34. The van der Waals surface area contributed by atoms with Gasteiger partial charge in [0.2, 0.25) is 11.8 Å². The van der Waals surface area contributed by atoms with Crippen molar-refractivity contribution in [1.29, 1.82) is 5.26 Å². The van der Waals surface area contributed by atoms with Gasteiger partial charge in [0.15, 0.2) is 10.7 Å². The summed E-state index contributed by atoms with van der Waals surface area (Å²) in [5, 5.41) is 8.59. The molecule has 5 nitrogen and oxygen atoms in total. The van der Waals surface area contributed by atoms with E-state index in [1.54, 1.807) is 6.07 Å². The summed E-state index contributed by atoms with van der Waals surface area (Å²) in [4.78, 5) is 7.24. The van der Waals surface area contributed by atoms with Gasteiger partial charge in [-0.25, -0.2) is 0 Å². The summed E-state index contributed by atoms with van der Waals surface area (Å²) < 4.78 is 4.76. The molecule has 1 heterocycles. The van der Waals surface area contributed by atoms with E-state index in [0.29, 0.717) is 0 Å². The van der Waals surface area contributed by atoms with Crippen LogP contribution >= 0.6 is 11.6 Å². The second kappa shape index (κ2) is 3.24. The Balaban J connectivity index is 3.36. The Bertz CT molecular complexity index is 346. The maximum Gasteiger partial charge on any atom is 0.237 e. The van der Waals surface area contributed by atoms with Gasteiger partial charge in [-0.15, -0.1) is 0 Å². The molecule has 1 aromatic heterocycles. The molecule has 0 aromatic carbocycles. The fourth-order valence-electron chi connectivity index (χ4n) is 0.671. The Labute approximate surface area is 73.7 Å². The van der Waals surface area contributed by atoms with E-state index >= 15 is 0 Å². The van der Waals surface area contributed by atoms with E-state index in [1.807, 2.05) is 0 Å². The van der Waals surface area contributed by atoms with E-state index in [-0.39, 0.29) is 22.5 Å². The lowest BCUT2D eigenvalue weighted by Crippen LogP contribution is -2.00. The van der Waals surface area contributed by atoms with Crippen LogP contribution in [-0.4, -0.2) is 17.1 Å². The summed E-state index contributed by atoms with van der Waals surface area (Å²) in [6, 6.07) is 1.80. The molecule has 0 bridgehead atoms. The van der Waals surface area contributed by atoms with Crippen LogP contribution in [0.15, 0.2) is 0 Å². The standard InChI is InChI=1S/C6H5ClN4O/c1-12-5-3(2-8)4(7)10-6(9)11-5/h1H3,(H2,9,10,11). The molecule has 1 aromatic rings. The largest absolute Gasteiger partial charge is 0.480 e. The summed E-state index contributed by atoms with van der Waals surface area (Å²) in [6.45, 7) is 0. The van der Waals surface area contributed by atoms with Crippen molar-refractivity contribution in [1.82, 2.24) is 9.97 Å². The van der Waals surface area contributed by atoms with Crippen molar-refractivity contribution in [3.8, 4) is 11.9 Å². The van der Waals surface area contributed by atoms with E-state index in [4.69, 9.17) is 27.3 Å². The third-order valence-corrected chi connectivity index (χ3v) is 1.43. The number of halogens is 1. The summed E-state index contributed by atoms with van der Waals surface area (Å²) in [6.07, 6.45) is 0. The quantitative estimate of drug-likeness (QED) is 0.646. The van der Waals surface area contributed by atoms with Crippen molar-refractivity contribution in [3.63, 3.8) is 0 Å². The normalized spacial score (nSPS) is 9.08. The zero-order chi connectivity index (χ0) is 9.14. The highest BCUT2D eigenvalue weighted by molar-refractivity contribution is 6.30. The van der Waals surface area contributed by atoms with Crippen LogP contribution in [0.25, 0.3) is 0 Å². The fourth-order valence-corrected chi connectivity index (χ4v) is 0.881. The van der Waals surface area contributed by atoms with Gasteiger partial charge in [0.25, 0.3) is 0 Å². The average Bonchev–Trinajstić information content (AvgIpc) is 2.03. The van der Waals surface area contributed by atoms with Crippen molar-refractivity contribution in [3.05, 3.63) is 10.7 Å². The first kappa shape index (κ1) is 8.56. The predicted molar refractivity (Wildman–Crippen MR) is 42.7 cm³/mol. The van der Waals surface area contributed by atoms with E-state index in [1.165, 1.54) is 7.11 Å². The summed E-state index contributed by atoms with van der Waals surface area (Å²) in [5.74, 6) is 0.0749. The van der Waals surface area contributed by atoms with Gasteiger partial charge in [0, 0.05) is 0 Å². The molecule has 0 unspecified atom stereocenters. The SMILES string of the molecule is COc1nc(N)nc(Cl)c1C#N. The van der Waals surface area contributed by atoms with E-state index in [9.17, 15) is 0 Å². The molecule has 12 heavy (non-hydrogen) atoms. The molecule has 0 aliphatic carbocycles. The highest BCUT2D eigenvalue weighted by Crippen LogP contribution is 2.21. The van der Waals surface area contributed by atoms with E-state index in [0.717, 1.165) is 0 Å². The average molecular weight is 185 g/mol. The molecule has 0 aliphatic rings. The van der Waals surface area contributed by atoms with Crippen molar-refractivity contribution in [2.24, 2.45) is 0 Å². The number of nitrogens with zero attached hydrogens (tertiary/aromatic N) is 3. The maximum atomic E-state index is 8.59. The molecule has 2 N–H and O–H groups in total. The topological polar surface area (TPSA) is 84.8 Å². The van der Waals surface area contributed by atoms with Gasteiger partial charge in [0.05, 0.1) is 7.11 Å². The minimum absolute atomic E-state index is 0.00171. The smallest absolute Gasteiger partial charge is 0.237 e. The molecule has 0 saturated heterocycles. The van der Waals surface area contributed by atoms with Crippen LogP contribution in [0.1, 0.15) is 5.56 Å². The van der Waals surface area contributed by atoms with Crippen LogP contribution in [0.3, 0.4) is 0 Å². The minimum Gasteiger partial charge on any atom is -0.480 e. The van der Waals surface area contributed by atoms with Gasteiger partial charge >= 0.3 is 0 Å². The zero-order valence-electron chi connectivity index (χ0n) is 6.21. The molecule has 0 amide bonds. The van der Waals surface area contributed by atoms with Gasteiger partial charge in [0.1, 0.15) is 6.07 Å². The Hall–Kier alpha value is -1.54. The summed E-state index contributed by atoms with van der Waals surface area (Å²) >= 11 is 5.58. The molecular weight excluding hydrogens is 180 g/mol. The number of ether oxygens (including phenoxy) is 1. The molecule has 0 atom stereocenters. The van der Waals surface area contributed by atoms with Crippen molar-refractivity contribution in [2.45, 2.75) is 0 Å². The van der Waals surface area contributed by atoms with Crippen LogP contribution in [0.2, 0.25) is 5.15 Å². The summed E-state index contributed by atoms with van der Waals surface area (Å²) in [5.41, 5.74) is 5.35. The highest BCUT2D eigenvalue weighted by Gasteiger charge is 2.11. The number of rotatable bonds is 1. The number of nitriles is 1. The van der Waals surface area contributed by atoms with Gasteiger partial charge in [-0.1, -0.05) is 11.6 Å². The predicted octanol–water partition coefficient (Wildman–Crippen LogP) is 0.592. The van der Waals surface area contributed by atoms with Crippen LogP contribution in [0.4, 0.5) is 5.95 Å². The lowest BCUT2D eigenvalue weighted by molar-refractivity contribution is 0.396. The molecule has 0 fully saturated rings. The van der Waals surface area contributed by atoms with Crippen LogP contribution in [0.5, 0.6) is 5.88 Å². The number of nitrogen functional groups attached to an aromatic ring is 1. The number of aromatic nitrogens is 2. The van der Waals surface area contributed by atoms with Gasteiger partial charge in [-0.3, -0.25) is 0 Å². The van der Waals surface area contributed by atoms with Crippen LogP contribution in [-0.2, 0) is 0 Å². The molecule has 0 spiro atoms. The second-order valence-corrected chi connectivity index (χ2v) is 2.23. The maximum absolute atomic E-state index is 8.59. The zero-order valence-corrected chi connectivity index (χ0v) is 6.96. The number of hydrogen-bond acceptors (Lipinski definition) is 5. The van der Waals surface area contributed by atoms with Gasteiger partial charge in [-0.2, -0.15) is 15.2 Å². The van der Waals surface area contributed by atoms with Gasteiger partial charge < -0.3 is 10.5 Å². The third kappa shape index (κ3) is 1.38. The molecule has 62 valence electrons. The Morgan fingerprint density at radius 1 is 1.58 bits per heavy atom.